The molecule has 1 amide bonds. The van der Waals surface area contributed by atoms with Crippen LogP contribution in [0.5, 0.6) is 0 Å². The van der Waals surface area contributed by atoms with Gasteiger partial charge in [-0.3, -0.25) is 9.78 Å². The quantitative estimate of drug-likeness (QED) is 0.582. The molecule has 4 rings (SSSR count). The average Bonchev–Trinajstić information content (AvgIpc) is 3.19. The number of carbonyl (C=O) groups is 1. The summed E-state index contributed by atoms with van der Waals surface area (Å²) in [6, 6.07) is 19.0. The molecule has 7 heteroatoms. The summed E-state index contributed by atoms with van der Waals surface area (Å²) in [6.45, 7) is 0.374. The predicted molar refractivity (Wildman–Crippen MR) is 102 cm³/mol. The normalized spacial score (nSPS) is 10.6. The second-order valence-electron chi connectivity index (χ2n) is 6.08. The lowest BCUT2D eigenvalue weighted by atomic mass is 10.1. The van der Waals surface area contributed by atoms with Crippen molar-refractivity contribution in [2.24, 2.45) is 0 Å². The molecular weight excluding hydrogens is 357 g/mol. The van der Waals surface area contributed by atoms with Crippen LogP contribution in [0.1, 0.15) is 16.1 Å². The molecule has 1 N–H and O–H groups in total. The summed E-state index contributed by atoms with van der Waals surface area (Å²) in [6.07, 6.45) is 3.26. The lowest BCUT2D eigenvalue weighted by molar-refractivity contribution is 0.0946. The fourth-order valence-electron chi connectivity index (χ4n) is 2.83. The molecule has 0 aliphatic heterocycles. The minimum absolute atomic E-state index is 0.187. The number of benzene rings is 2. The Labute approximate surface area is 160 Å². The molecule has 0 fully saturated rings. The maximum atomic E-state index is 13.3. The van der Waals surface area contributed by atoms with Crippen LogP contribution in [0, 0.1) is 5.82 Å². The van der Waals surface area contributed by atoms with Crippen LogP contribution in [0.4, 0.5) is 4.39 Å². The molecular formula is C21H16FN5O. The van der Waals surface area contributed by atoms with Crippen LogP contribution >= 0.6 is 0 Å². The number of halogens is 1. The molecule has 0 radical (unpaired) electrons. The largest absolute Gasteiger partial charge is 0.346 e. The maximum Gasteiger partial charge on any atom is 0.274 e. The van der Waals surface area contributed by atoms with E-state index < -0.39 is 0 Å². The smallest absolute Gasteiger partial charge is 0.274 e. The highest BCUT2D eigenvalue weighted by Gasteiger charge is 2.22. The van der Waals surface area contributed by atoms with Crippen molar-refractivity contribution >= 4 is 5.91 Å². The van der Waals surface area contributed by atoms with Crippen molar-refractivity contribution in [1.82, 2.24) is 25.3 Å². The Balaban J connectivity index is 1.71. The van der Waals surface area contributed by atoms with Gasteiger partial charge in [0.1, 0.15) is 11.5 Å². The molecule has 0 saturated heterocycles. The zero-order valence-corrected chi connectivity index (χ0v) is 14.8. The second kappa shape index (κ2) is 7.79. The highest BCUT2D eigenvalue weighted by molar-refractivity contribution is 5.98. The third kappa shape index (κ3) is 3.64. The first-order valence-corrected chi connectivity index (χ1v) is 8.66. The van der Waals surface area contributed by atoms with Crippen LogP contribution < -0.4 is 5.32 Å². The number of nitrogens with zero attached hydrogens (tertiary/aromatic N) is 4. The van der Waals surface area contributed by atoms with E-state index in [9.17, 15) is 9.18 Å². The van der Waals surface area contributed by atoms with E-state index in [4.69, 9.17) is 0 Å². The van der Waals surface area contributed by atoms with E-state index in [1.165, 1.54) is 16.8 Å². The van der Waals surface area contributed by atoms with E-state index >= 15 is 0 Å². The monoisotopic (exact) mass is 373 g/mol. The zero-order valence-electron chi connectivity index (χ0n) is 14.8. The van der Waals surface area contributed by atoms with Gasteiger partial charge in [0.25, 0.3) is 5.91 Å². The molecule has 0 spiro atoms. The fourth-order valence-corrected chi connectivity index (χ4v) is 2.83. The van der Waals surface area contributed by atoms with Crippen LogP contribution in [0.3, 0.4) is 0 Å². The standard InChI is InChI=1S/C21H16FN5O/c22-17-6-8-18(9-7-17)27-20(16-10-12-23-13-11-16)19(25-26-27)21(28)24-14-15-4-2-1-3-5-15/h1-13H,14H2,(H,24,28). The number of rotatable bonds is 5. The SMILES string of the molecule is O=C(NCc1ccccc1)c1nnn(-c2ccc(F)cc2)c1-c1ccncc1. The predicted octanol–water partition coefficient (Wildman–Crippen LogP) is 3.40. The first kappa shape index (κ1) is 17.5. The van der Waals surface area contributed by atoms with E-state index in [0.29, 0.717) is 17.9 Å². The van der Waals surface area contributed by atoms with Gasteiger partial charge < -0.3 is 5.32 Å². The van der Waals surface area contributed by atoms with Gasteiger partial charge in [-0.2, -0.15) is 0 Å². The van der Waals surface area contributed by atoms with Gasteiger partial charge in [0.2, 0.25) is 0 Å². The van der Waals surface area contributed by atoms with E-state index in [0.717, 1.165) is 11.1 Å². The van der Waals surface area contributed by atoms with Gasteiger partial charge in [0.15, 0.2) is 5.69 Å². The number of nitrogens with one attached hydrogen (secondary N) is 1. The number of carbonyl (C=O) groups excluding carboxylic acids is 1. The second-order valence-corrected chi connectivity index (χ2v) is 6.08. The Hall–Kier alpha value is -3.87. The average molecular weight is 373 g/mol. The number of pyridine rings is 1. The maximum absolute atomic E-state index is 13.3. The van der Waals surface area contributed by atoms with Crippen LogP contribution in [-0.4, -0.2) is 25.9 Å². The van der Waals surface area contributed by atoms with Crippen LogP contribution in [0.25, 0.3) is 16.9 Å². The third-order valence-electron chi connectivity index (χ3n) is 4.21. The molecule has 0 aliphatic rings. The van der Waals surface area contributed by atoms with Gasteiger partial charge in [-0.05, 0) is 42.0 Å². The number of hydrogen-bond donors (Lipinski definition) is 1. The van der Waals surface area contributed by atoms with E-state index in [2.05, 4.69) is 20.6 Å². The van der Waals surface area contributed by atoms with E-state index in [1.807, 2.05) is 30.3 Å². The van der Waals surface area contributed by atoms with E-state index in [1.54, 1.807) is 36.7 Å². The highest BCUT2D eigenvalue weighted by atomic mass is 19.1. The topological polar surface area (TPSA) is 72.7 Å². The van der Waals surface area contributed by atoms with Gasteiger partial charge in [0, 0.05) is 24.5 Å². The lowest BCUT2D eigenvalue weighted by Crippen LogP contribution is -2.24. The minimum atomic E-state index is -0.352. The fraction of sp³-hybridized carbons (Fsp3) is 0.0476. The summed E-state index contributed by atoms with van der Waals surface area (Å²) in [4.78, 5) is 16.8. The Kier molecular flexibility index (Phi) is 4.88. The van der Waals surface area contributed by atoms with Crippen molar-refractivity contribution in [1.29, 1.82) is 0 Å². The molecule has 0 saturated carbocycles. The van der Waals surface area contributed by atoms with Crippen molar-refractivity contribution in [3.05, 3.63) is 96.2 Å². The lowest BCUT2D eigenvalue weighted by Gasteiger charge is -2.09. The molecule has 138 valence electrons. The molecule has 0 unspecified atom stereocenters. The van der Waals surface area contributed by atoms with Crippen molar-refractivity contribution in [3.8, 4) is 16.9 Å². The number of amides is 1. The summed E-state index contributed by atoms with van der Waals surface area (Å²) in [5, 5.41) is 11.1. The van der Waals surface area contributed by atoms with Gasteiger partial charge in [-0.1, -0.05) is 35.5 Å². The Bertz CT molecular complexity index is 1080. The molecule has 0 bridgehead atoms. The molecule has 2 heterocycles. The van der Waals surface area contributed by atoms with Crippen LogP contribution in [0.2, 0.25) is 0 Å². The summed E-state index contributed by atoms with van der Waals surface area (Å²) in [5.41, 5.74) is 3.01. The summed E-state index contributed by atoms with van der Waals surface area (Å²) in [5.74, 6) is -0.695. The molecule has 0 aliphatic carbocycles. The van der Waals surface area contributed by atoms with Gasteiger partial charge in [-0.15, -0.1) is 5.10 Å². The van der Waals surface area contributed by atoms with Gasteiger partial charge >= 0.3 is 0 Å². The minimum Gasteiger partial charge on any atom is -0.346 e. The summed E-state index contributed by atoms with van der Waals surface area (Å²) in [7, 11) is 0. The molecule has 2 aromatic carbocycles. The van der Waals surface area contributed by atoms with Crippen LogP contribution in [-0.2, 0) is 6.54 Å². The Morgan fingerprint density at radius 3 is 2.39 bits per heavy atom. The first-order chi connectivity index (χ1) is 13.7. The molecule has 0 atom stereocenters. The van der Waals surface area contributed by atoms with E-state index in [-0.39, 0.29) is 17.4 Å². The van der Waals surface area contributed by atoms with Gasteiger partial charge in [0.05, 0.1) is 5.69 Å². The van der Waals surface area contributed by atoms with Crippen molar-refractivity contribution in [3.63, 3.8) is 0 Å². The first-order valence-electron chi connectivity index (χ1n) is 8.66. The summed E-state index contributed by atoms with van der Waals surface area (Å²) >= 11 is 0. The number of hydrogen-bond acceptors (Lipinski definition) is 4. The molecule has 4 aromatic rings. The Morgan fingerprint density at radius 1 is 0.964 bits per heavy atom. The van der Waals surface area contributed by atoms with Crippen molar-refractivity contribution < 1.29 is 9.18 Å². The van der Waals surface area contributed by atoms with Crippen LogP contribution in [0.15, 0.2) is 79.1 Å². The number of aromatic nitrogens is 4. The van der Waals surface area contributed by atoms with Gasteiger partial charge in [-0.25, -0.2) is 9.07 Å². The molecule has 2 aromatic heterocycles. The summed E-state index contributed by atoms with van der Waals surface area (Å²) < 4.78 is 14.8. The van der Waals surface area contributed by atoms with Crippen molar-refractivity contribution in [2.75, 3.05) is 0 Å². The van der Waals surface area contributed by atoms with Crippen molar-refractivity contribution in [2.45, 2.75) is 6.54 Å². The zero-order chi connectivity index (χ0) is 19.3. The highest BCUT2D eigenvalue weighted by Crippen LogP contribution is 2.25. The molecule has 28 heavy (non-hydrogen) atoms. The Morgan fingerprint density at radius 2 is 1.68 bits per heavy atom. The third-order valence-corrected chi connectivity index (χ3v) is 4.21. The molecule has 6 nitrogen and oxygen atoms in total.